The molecule has 1 aromatic carbocycles. The summed E-state index contributed by atoms with van der Waals surface area (Å²) in [5, 5.41) is 4.32. The first kappa shape index (κ1) is 15.6. The highest BCUT2D eigenvalue weighted by Crippen LogP contribution is 2.28. The van der Waals surface area contributed by atoms with E-state index in [4.69, 9.17) is 11.6 Å². The third-order valence-electron chi connectivity index (χ3n) is 3.89. The summed E-state index contributed by atoms with van der Waals surface area (Å²) in [7, 11) is 2.19. The molecule has 1 aliphatic rings. The molecular formula is C16H26ClN3. The number of hydrogen-bond donors (Lipinski definition) is 1. The molecule has 2 rings (SSSR count). The number of anilines is 1. The smallest absolute Gasteiger partial charge is 0.0430 e. The van der Waals surface area contributed by atoms with E-state index in [1.54, 1.807) is 0 Å². The van der Waals surface area contributed by atoms with Gasteiger partial charge in [-0.1, -0.05) is 31.5 Å². The second kappa shape index (κ2) is 6.79. The maximum absolute atomic E-state index is 6.22. The fourth-order valence-corrected chi connectivity index (χ4v) is 2.93. The largest absolute Gasteiger partial charge is 0.366 e. The molecule has 0 amide bonds. The van der Waals surface area contributed by atoms with Crippen molar-refractivity contribution in [2.45, 2.75) is 39.4 Å². The van der Waals surface area contributed by atoms with Gasteiger partial charge in [-0.05, 0) is 31.7 Å². The van der Waals surface area contributed by atoms with E-state index >= 15 is 0 Å². The highest BCUT2D eigenvalue weighted by molar-refractivity contribution is 6.30. The van der Waals surface area contributed by atoms with E-state index in [1.807, 2.05) is 6.07 Å². The maximum Gasteiger partial charge on any atom is 0.0430 e. The van der Waals surface area contributed by atoms with Crippen molar-refractivity contribution in [2.75, 3.05) is 31.6 Å². The maximum atomic E-state index is 6.22. The van der Waals surface area contributed by atoms with E-state index < -0.39 is 0 Å². The molecule has 1 N–H and O–H groups in total. The summed E-state index contributed by atoms with van der Waals surface area (Å²) in [4.78, 5) is 4.88. The van der Waals surface area contributed by atoms with Crippen molar-refractivity contribution < 1.29 is 0 Å². The Balaban J connectivity index is 2.22. The van der Waals surface area contributed by atoms with Crippen LogP contribution in [0.2, 0.25) is 5.02 Å². The quantitative estimate of drug-likeness (QED) is 0.921. The van der Waals surface area contributed by atoms with Gasteiger partial charge in [0.2, 0.25) is 0 Å². The van der Waals surface area contributed by atoms with Crippen LogP contribution in [0.4, 0.5) is 5.69 Å². The average Bonchev–Trinajstić information content (AvgIpc) is 2.37. The van der Waals surface area contributed by atoms with Crippen LogP contribution in [0.1, 0.15) is 26.3 Å². The Morgan fingerprint density at radius 1 is 1.35 bits per heavy atom. The molecule has 1 saturated heterocycles. The SMILES string of the molecule is CC(C)NCc1ccc(Cl)cc1N1CCN(C)CC1C. The van der Waals surface area contributed by atoms with Gasteiger partial charge in [-0.3, -0.25) is 0 Å². The third kappa shape index (κ3) is 3.87. The van der Waals surface area contributed by atoms with Crippen molar-refractivity contribution in [1.82, 2.24) is 10.2 Å². The minimum Gasteiger partial charge on any atom is -0.366 e. The van der Waals surface area contributed by atoms with Crippen LogP contribution in [0.25, 0.3) is 0 Å². The number of halogens is 1. The summed E-state index contributed by atoms with van der Waals surface area (Å²) in [6.45, 7) is 10.8. The van der Waals surface area contributed by atoms with Crippen LogP contribution in [0.5, 0.6) is 0 Å². The van der Waals surface area contributed by atoms with Gasteiger partial charge < -0.3 is 15.1 Å². The summed E-state index contributed by atoms with van der Waals surface area (Å²) in [6, 6.07) is 7.26. The molecule has 1 unspecified atom stereocenters. The Bertz CT molecular complexity index is 447. The van der Waals surface area contributed by atoms with Crippen molar-refractivity contribution >= 4 is 17.3 Å². The van der Waals surface area contributed by atoms with Gasteiger partial charge in [-0.25, -0.2) is 0 Å². The Kier molecular flexibility index (Phi) is 5.30. The topological polar surface area (TPSA) is 18.5 Å². The molecule has 1 fully saturated rings. The molecule has 0 spiro atoms. The standard InChI is InChI=1S/C16H26ClN3/c1-12(2)18-10-14-5-6-15(17)9-16(14)20-8-7-19(4)11-13(20)3/h5-6,9,12-13,18H,7-8,10-11H2,1-4H3. The normalized spacial score (nSPS) is 20.7. The van der Waals surface area contributed by atoms with Crippen LogP contribution in [0.3, 0.4) is 0 Å². The van der Waals surface area contributed by atoms with Crippen LogP contribution in [0.15, 0.2) is 18.2 Å². The van der Waals surface area contributed by atoms with E-state index in [2.05, 4.69) is 55.1 Å². The average molecular weight is 296 g/mol. The number of nitrogens with zero attached hydrogens (tertiary/aromatic N) is 2. The van der Waals surface area contributed by atoms with Crippen LogP contribution in [-0.4, -0.2) is 43.7 Å². The van der Waals surface area contributed by atoms with Gasteiger partial charge in [0.1, 0.15) is 0 Å². The minimum absolute atomic E-state index is 0.489. The Morgan fingerprint density at radius 3 is 2.75 bits per heavy atom. The van der Waals surface area contributed by atoms with E-state index in [1.165, 1.54) is 11.3 Å². The van der Waals surface area contributed by atoms with Gasteiger partial charge in [0.05, 0.1) is 0 Å². The van der Waals surface area contributed by atoms with E-state index in [0.29, 0.717) is 12.1 Å². The fourth-order valence-electron chi connectivity index (χ4n) is 2.77. The summed E-state index contributed by atoms with van der Waals surface area (Å²) in [5.74, 6) is 0. The summed E-state index contributed by atoms with van der Waals surface area (Å²) in [6.07, 6.45) is 0. The number of benzene rings is 1. The minimum atomic E-state index is 0.489. The number of likely N-dealkylation sites (N-methyl/N-ethyl adjacent to an activating group) is 1. The first-order chi connectivity index (χ1) is 9.47. The zero-order valence-electron chi connectivity index (χ0n) is 13.0. The molecule has 1 atom stereocenters. The van der Waals surface area contributed by atoms with Gasteiger partial charge in [0.25, 0.3) is 0 Å². The summed E-state index contributed by atoms with van der Waals surface area (Å²) >= 11 is 6.22. The van der Waals surface area contributed by atoms with Crippen LogP contribution in [0, 0.1) is 0 Å². The molecule has 1 aromatic rings. The van der Waals surface area contributed by atoms with E-state index in [-0.39, 0.29) is 0 Å². The fraction of sp³-hybridized carbons (Fsp3) is 0.625. The molecule has 0 bridgehead atoms. The van der Waals surface area contributed by atoms with Crippen molar-refractivity contribution in [3.8, 4) is 0 Å². The molecule has 4 heteroatoms. The van der Waals surface area contributed by atoms with Crippen molar-refractivity contribution in [1.29, 1.82) is 0 Å². The molecule has 20 heavy (non-hydrogen) atoms. The molecule has 112 valence electrons. The van der Waals surface area contributed by atoms with Crippen molar-refractivity contribution in [3.05, 3.63) is 28.8 Å². The molecule has 1 heterocycles. The number of nitrogens with one attached hydrogen (secondary N) is 1. The van der Waals surface area contributed by atoms with Crippen molar-refractivity contribution in [3.63, 3.8) is 0 Å². The molecule has 0 saturated carbocycles. The zero-order chi connectivity index (χ0) is 14.7. The van der Waals surface area contributed by atoms with Crippen LogP contribution < -0.4 is 10.2 Å². The van der Waals surface area contributed by atoms with E-state index in [9.17, 15) is 0 Å². The first-order valence-electron chi connectivity index (χ1n) is 7.44. The molecule has 3 nitrogen and oxygen atoms in total. The van der Waals surface area contributed by atoms with Gasteiger partial charge >= 0.3 is 0 Å². The second-order valence-electron chi connectivity index (χ2n) is 6.11. The zero-order valence-corrected chi connectivity index (χ0v) is 13.7. The lowest BCUT2D eigenvalue weighted by atomic mass is 10.1. The second-order valence-corrected chi connectivity index (χ2v) is 6.55. The van der Waals surface area contributed by atoms with Crippen molar-refractivity contribution in [2.24, 2.45) is 0 Å². The summed E-state index contributed by atoms with van der Waals surface area (Å²) < 4.78 is 0. The van der Waals surface area contributed by atoms with Gasteiger partial charge in [-0.2, -0.15) is 0 Å². The monoisotopic (exact) mass is 295 g/mol. The predicted octanol–water partition coefficient (Wildman–Crippen LogP) is 2.98. The first-order valence-corrected chi connectivity index (χ1v) is 7.82. The highest BCUT2D eigenvalue weighted by Gasteiger charge is 2.23. The summed E-state index contributed by atoms with van der Waals surface area (Å²) in [5.41, 5.74) is 2.62. The third-order valence-corrected chi connectivity index (χ3v) is 4.12. The Labute approximate surface area is 127 Å². The molecule has 1 aliphatic heterocycles. The van der Waals surface area contributed by atoms with Gasteiger partial charge in [0.15, 0.2) is 0 Å². The lowest BCUT2D eigenvalue weighted by molar-refractivity contribution is 0.275. The Hall–Kier alpha value is -0.770. The lowest BCUT2D eigenvalue weighted by Crippen LogP contribution is -2.51. The number of hydrogen-bond acceptors (Lipinski definition) is 3. The van der Waals surface area contributed by atoms with Gasteiger partial charge in [-0.15, -0.1) is 0 Å². The molecule has 0 aliphatic carbocycles. The highest BCUT2D eigenvalue weighted by atomic mass is 35.5. The number of rotatable bonds is 4. The lowest BCUT2D eigenvalue weighted by Gasteiger charge is -2.40. The number of piperazine rings is 1. The molecule has 0 radical (unpaired) electrons. The van der Waals surface area contributed by atoms with E-state index in [0.717, 1.165) is 31.2 Å². The Morgan fingerprint density at radius 2 is 2.10 bits per heavy atom. The predicted molar refractivity (Wildman–Crippen MR) is 87.7 cm³/mol. The molecule has 0 aromatic heterocycles. The van der Waals surface area contributed by atoms with Gasteiger partial charge in [0, 0.05) is 49.0 Å². The van der Waals surface area contributed by atoms with Crippen LogP contribution >= 0.6 is 11.6 Å². The molecular weight excluding hydrogens is 270 g/mol. The van der Waals surface area contributed by atoms with Crippen LogP contribution in [-0.2, 0) is 6.54 Å².